The summed E-state index contributed by atoms with van der Waals surface area (Å²) in [5.41, 5.74) is 1.64. The van der Waals surface area contributed by atoms with E-state index in [2.05, 4.69) is 4.98 Å². The van der Waals surface area contributed by atoms with Crippen LogP contribution in [0.15, 0.2) is 12.3 Å². The molecule has 74 valence electrons. The van der Waals surface area contributed by atoms with Crippen molar-refractivity contribution in [3.05, 3.63) is 17.8 Å². The summed E-state index contributed by atoms with van der Waals surface area (Å²) in [6, 6.07) is 1.78. The Morgan fingerprint density at radius 2 is 2.50 bits per heavy atom. The highest BCUT2D eigenvalue weighted by atomic mass is 16.5. The van der Waals surface area contributed by atoms with Gasteiger partial charge in [-0.15, -0.1) is 0 Å². The molecule has 1 aromatic heterocycles. The summed E-state index contributed by atoms with van der Waals surface area (Å²) >= 11 is 0. The molecule has 0 unspecified atom stereocenters. The van der Waals surface area contributed by atoms with Gasteiger partial charge in [-0.1, -0.05) is 0 Å². The maximum absolute atomic E-state index is 10.8. The molecule has 0 saturated carbocycles. The van der Waals surface area contributed by atoms with Gasteiger partial charge in [-0.2, -0.15) is 0 Å². The fourth-order valence-corrected chi connectivity index (χ4v) is 1.57. The van der Waals surface area contributed by atoms with Crippen LogP contribution in [0, 0.1) is 0 Å². The molecule has 0 atom stereocenters. The molecule has 1 N–H and O–H groups in total. The van der Waals surface area contributed by atoms with Gasteiger partial charge >= 0.3 is 6.09 Å². The fourth-order valence-electron chi connectivity index (χ4n) is 1.57. The Morgan fingerprint density at radius 3 is 3.14 bits per heavy atom. The van der Waals surface area contributed by atoms with Crippen LogP contribution >= 0.6 is 0 Å². The fraction of sp³-hybridized carbons (Fsp3) is 0.333. The van der Waals surface area contributed by atoms with Crippen molar-refractivity contribution in [2.75, 3.05) is 18.6 Å². The number of fused-ring (bicyclic) bond motifs is 1. The van der Waals surface area contributed by atoms with Crippen LogP contribution in [0.1, 0.15) is 5.56 Å². The van der Waals surface area contributed by atoms with Crippen LogP contribution in [-0.2, 0) is 6.42 Å². The van der Waals surface area contributed by atoms with Gasteiger partial charge in [0, 0.05) is 12.6 Å². The zero-order valence-corrected chi connectivity index (χ0v) is 7.73. The molecule has 0 aliphatic carbocycles. The molecule has 1 aliphatic rings. The van der Waals surface area contributed by atoms with E-state index in [1.807, 2.05) is 0 Å². The summed E-state index contributed by atoms with van der Waals surface area (Å²) in [5.74, 6) is 0.524. The van der Waals surface area contributed by atoms with Crippen molar-refractivity contribution >= 4 is 11.8 Å². The molecule has 1 amide bonds. The van der Waals surface area contributed by atoms with E-state index in [9.17, 15) is 4.79 Å². The van der Waals surface area contributed by atoms with Crippen LogP contribution in [0.3, 0.4) is 0 Å². The number of rotatable bonds is 1. The predicted molar refractivity (Wildman–Crippen MR) is 49.9 cm³/mol. The maximum Gasteiger partial charge on any atom is 0.411 e. The standard InChI is InChI=1S/C9H10N2O3/c1-14-8-4-6-2-3-11(9(12)13)7(6)5-10-8/h4-5H,2-3H2,1H3,(H,12,13). The third-order valence-electron chi connectivity index (χ3n) is 2.28. The van der Waals surface area contributed by atoms with E-state index in [0.29, 0.717) is 18.1 Å². The third-order valence-corrected chi connectivity index (χ3v) is 2.28. The average Bonchev–Trinajstić information content (AvgIpc) is 2.59. The highest BCUT2D eigenvalue weighted by Gasteiger charge is 2.24. The molecule has 1 aliphatic heterocycles. The minimum atomic E-state index is -0.935. The summed E-state index contributed by atoms with van der Waals surface area (Å²) in [4.78, 5) is 16.1. The predicted octanol–water partition coefficient (Wildman–Crippen LogP) is 1.13. The first-order valence-electron chi connectivity index (χ1n) is 4.25. The maximum atomic E-state index is 10.8. The lowest BCUT2D eigenvalue weighted by Crippen LogP contribution is -2.26. The molecule has 2 heterocycles. The number of pyridine rings is 1. The zero-order chi connectivity index (χ0) is 10.1. The van der Waals surface area contributed by atoms with E-state index in [-0.39, 0.29) is 0 Å². The van der Waals surface area contributed by atoms with Gasteiger partial charge in [0.2, 0.25) is 5.88 Å². The number of ether oxygens (including phenoxy) is 1. The number of carbonyl (C=O) groups is 1. The number of aromatic nitrogens is 1. The van der Waals surface area contributed by atoms with Crippen molar-refractivity contribution in [1.82, 2.24) is 4.98 Å². The highest BCUT2D eigenvalue weighted by molar-refractivity contribution is 5.88. The summed E-state index contributed by atoms with van der Waals surface area (Å²) in [6.07, 6.45) is 1.33. The first-order chi connectivity index (χ1) is 6.72. The van der Waals surface area contributed by atoms with Crippen LogP contribution in [-0.4, -0.2) is 29.8 Å². The molecule has 5 nitrogen and oxygen atoms in total. The quantitative estimate of drug-likeness (QED) is 0.727. The summed E-state index contributed by atoms with van der Waals surface area (Å²) < 4.78 is 4.96. The lowest BCUT2D eigenvalue weighted by molar-refractivity contribution is 0.202. The van der Waals surface area contributed by atoms with Crippen molar-refractivity contribution in [1.29, 1.82) is 0 Å². The number of amides is 1. The smallest absolute Gasteiger partial charge is 0.411 e. The monoisotopic (exact) mass is 194 g/mol. The van der Waals surface area contributed by atoms with E-state index in [0.717, 1.165) is 12.0 Å². The van der Waals surface area contributed by atoms with E-state index in [1.54, 1.807) is 13.2 Å². The minimum absolute atomic E-state index is 0.500. The first kappa shape index (κ1) is 8.80. The molecule has 0 saturated heterocycles. The molecule has 2 rings (SSSR count). The van der Waals surface area contributed by atoms with Gasteiger partial charge in [0.05, 0.1) is 19.0 Å². The van der Waals surface area contributed by atoms with Crippen LogP contribution in [0.5, 0.6) is 5.88 Å². The van der Waals surface area contributed by atoms with Crippen LogP contribution in [0.25, 0.3) is 0 Å². The zero-order valence-electron chi connectivity index (χ0n) is 7.73. The topological polar surface area (TPSA) is 62.7 Å². The molecule has 0 aromatic carbocycles. The largest absolute Gasteiger partial charge is 0.481 e. The number of nitrogens with zero attached hydrogens (tertiary/aromatic N) is 2. The number of hydrogen-bond acceptors (Lipinski definition) is 3. The molecular formula is C9H10N2O3. The summed E-state index contributed by atoms with van der Waals surface area (Å²) in [6.45, 7) is 0.500. The van der Waals surface area contributed by atoms with Crippen LogP contribution in [0.2, 0.25) is 0 Å². The highest BCUT2D eigenvalue weighted by Crippen LogP contribution is 2.29. The Morgan fingerprint density at radius 1 is 1.71 bits per heavy atom. The molecule has 0 radical (unpaired) electrons. The molecule has 0 spiro atoms. The van der Waals surface area contributed by atoms with E-state index in [1.165, 1.54) is 11.1 Å². The Bertz CT molecular complexity index is 378. The first-order valence-corrected chi connectivity index (χ1v) is 4.25. The van der Waals surface area contributed by atoms with Crippen LogP contribution in [0.4, 0.5) is 10.5 Å². The second-order valence-electron chi connectivity index (χ2n) is 3.04. The molecule has 14 heavy (non-hydrogen) atoms. The molecule has 1 aromatic rings. The number of hydrogen-bond donors (Lipinski definition) is 1. The van der Waals surface area contributed by atoms with Crippen molar-refractivity contribution in [3.63, 3.8) is 0 Å². The number of methoxy groups -OCH3 is 1. The Labute approximate surface area is 80.9 Å². The Balaban J connectivity index is 2.38. The third kappa shape index (κ3) is 1.26. The molecular weight excluding hydrogens is 184 g/mol. The number of carboxylic acid groups (broad SMARTS) is 1. The second-order valence-corrected chi connectivity index (χ2v) is 3.04. The van der Waals surface area contributed by atoms with E-state index in [4.69, 9.17) is 9.84 Å². The van der Waals surface area contributed by atoms with Crippen molar-refractivity contribution in [2.45, 2.75) is 6.42 Å². The number of anilines is 1. The van der Waals surface area contributed by atoms with Gasteiger partial charge < -0.3 is 9.84 Å². The van der Waals surface area contributed by atoms with E-state index < -0.39 is 6.09 Å². The van der Waals surface area contributed by atoms with E-state index >= 15 is 0 Å². The van der Waals surface area contributed by atoms with Gasteiger partial charge in [-0.25, -0.2) is 9.78 Å². The van der Waals surface area contributed by atoms with Crippen molar-refractivity contribution in [2.24, 2.45) is 0 Å². The van der Waals surface area contributed by atoms with Gasteiger partial charge in [0.25, 0.3) is 0 Å². The summed E-state index contributed by atoms with van der Waals surface area (Å²) in [7, 11) is 1.54. The molecule has 0 bridgehead atoms. The Hall–Kier alpha value is -1.78. The lowest BCUT2D eigenvalue weighted by Gasteiger charge is -2.11. The van der Waals surface area contributed by atoms with Gasteiger partial charge in [-0.3, -0.25) is 4.90 Å². The second kappa shape index (κ2) is 3.17. The average molecular weight is 194 g/mol. The SMILES string of the molecule is COc1cc2c(cn1)N(C(=O)O)CC2. The normalized spacial score (nSPS) is 13.9. The van der Waals surface area contributed by atoms with Crippen molar-refractivity contribution in [3.8, 4) is 5.88 Å². The van der Waals surface area contributed by atoms with Crippen LogP contribution < -0.4 is 9.64 Å². The molecule has 5 heteroatoms. The summed E-state index contributed by atoms with van der Waals surface area (Å²) in [5, 5.41) is 8.85. The minimum Gasteiger partial charge on any atom is -0.481 e. The van der Waals surface area contributed by atoms with Gasteiger partial charge in [0.1, 0.15) is 0 Å². The molecule has 0 fully saturated rings. The lowest BCUT2D eigenvalue weighted by atomic mass is 10.2. The van der Waals surface area contributed by atoms with Gasteiger partial charge in [0.15, 0.2) is 0 Å². The van der Waals surface area contributed by atoms with Gasteiger partial charge in [-0.05, 0) is 12.0 Å². The Kier molecular flexibility index (Phi) is 1.99. The van der Waals surface area contributed by atoms with Crippen molar-refractivity contribution < 1.29 is 14.6 Å².